The quantitative estimate of drug-likeness (QED) is 0.176. The number of hydrogen-bond acceptors (Lipinski definition) is 4. The monoisotopic (exact) mass is 534 g/mol. The SMILES string of the molecule is Cc1ccc(S(=O)(=O)N2C[C@@H](N=[N+]=[N-])C[C@H]2CO[Si](c2ccccc2)(c2ccccc2)C(C)(C)C)cc1. The van der Waals surface area contributed by atoms with Crippen LogP contribution in [-0.2, 0) is 14.4 Å². The molecule has 0 aromatic heterocycles. The van der Waals surface area contributed by atoms with Gasteiger partial charge in [-0.3, -0.25) is 0 Å². The molecule has 0 bridgehead atoms. The molecule has 0 unspecified atom stereocenters. The lowest BCUT2D eigenvalue weighted by molar-refractivity contribution is 0.221. The Balaban J connectivity index is 1.75. The van der Waals surface area contributed by atoms with Gasteiger partial charge in [0, 0.05) is 17.5 Å². The van der Waals surface area contributed by atoms with Gasteiger partial charge < -0.3 is 4.43 Å². The zero-order valence-corrected chi connectivity index (χ0v) is 23.6. The third-order valence-electron chi connectivity index (χ3n) is 7.09. The van der Waals surface area contributed by atoms with Gasteiger partial charge in [-0.1, -0.05) is 104 Å². The number of hydrogen-bond donors (Lipinski definition) is 0. The second-order valence-electron chi connectivity index (χ2n) is 10.6. The Bertz CT molecular complexity index is 1310. The molecule has 0 radical (unpaired) electrons. The molecule has 37 heavy (non-hydrogen) atoms. The van der Waals surface area contributed by atoms with E-state index in [1.165, 1.54) is 4.31 Å². The second kappa shape index (κ2) is 10.8. The predicted octanol–water partition coefficient (Wildman–Crippen LogP) is 5.01. The molecule has 1 fully saturated rings. The van der Waals surface area contributed by atoms with Crippen molar-refractivity contribution in [2.45, 2.75) is 56.1 Å². The summed E-state index contributed by atoms with van der Waals surface area (Å²) in [4.78, 5) is 3.20. The van der Waals surface area contributed by atoms with Crippen molar-refractivity contribution in [1.82, 2.24) is 4.31 Å². The van der Waals surface area contributed by atoms with E-state index in [9.17, 15) is 8.42 Å². The molecular formula is C28H34N4O3SSi. The topological polar surface area (TPSA) is 95.4 Å². The Morgan fingerprint density at radius 1 is 0.973 bits per heavy atom. The van der Waals surface area contributed by atoms with Gasteiger partial charge in [-0.2, -0.15) is 4.31 Å². The van der Waals surface area contributed by atoms with Gasteiger partial charge >= 0.3 is 0 Å². The highest BCUT2D eigenvalue weighted by Gasteiger charge is 2.51. The molecule has 7 nitrogen and oxygen atoms in total. The molecule has 0 spiro atoms. The first-order chi connectivity index (χ1) is 17.6. The van der Waals surface area contributed by atoms with E-state index >= 15 is 0 Å². The highest BCUT2D eigenvalue weighted by atomic mass is 32.2. The molecule has 0 saturated carbocycles. The van der Waals surface area contributed by atoms with Crippen molar-refractivity contribution in [3.8, 4) is 0 Å². The average Bonchev–Trinajstić information content (AvgIpc) is 3.29. The molecule has 0 amide bonds. The summed E-state index contributed by atoms with van der Waals surface area (Å²) in [6, 6.07) is 26.5. The lowest BCUT2D eigenvalue weighted by Crippen LogP contribution is -2.67. The number of nitrogens with zero attached hydrogens (tertiary/aromatic N) is 4. The fourth-order valence-corrected chi connectivity index (χ4v) is 11.6. The number of sulfonamides is 1. The van der Waals surface area contributed by atoms with Crippen LogP contribution in [0.25, 0.3) is 10.4 Å². The molecule has 1 saturated heterocycles. The first-order valence-corrected chi connectivity index (χ1v) is 15.8. The highest BCUT2D eigenvalue weighted by molar-refractivity contribution is 7.89. The van der Waals surface area contributed by atoms with Crippen molar-refractivity contribution in [3.05, 3.63) is 101 Å². The minimum Gasteiger partial charge on any atom is -0.406 e. The van der Waals surface area contributed by atoms with Gasteiger partial charge in [0.2, 0.25) is 10.0 Å². The van der Waals surface area contributed by atoms with Crippen LogP contribution in [0.2, 0.25) is 5.04 Å². The maximum Gasteiger partial charge on any atom is 0.261 e. The molecule has 0 N–H and O–H groups in total. The van der Waals surface area contributed by atoms with Crippen molar-refractivity contribution in [2.24, 2.45) is 5.11 Å². The van der Waals surface area contributed by atoms with E-state index in [4.69, 9.17) is 9.96 Å². The molecule has 3 aromatic carbocycles. The molecule has 4 rings (SSSR count). The minimum atomic E-state index is -3.80. The van der Waals surface area contributed by atoms with Gasteiger partial charge in [-0.15, -0.1) is 0 Å². The maximum atomic E-state index is 13.7. The number of azide groups is 1. The van der Waals surface area contributed by atoms with Gasteiger partial charge in [0.25, 0.3) is 8.32 Å². The molecule has 0 aliphatic carbocycles. The Morgan fingerprint density at radius 2 is 1.51 bits per heavy atom. The van der Waals surface area contributed by atoms with Gasteiger partial charge in [-0.05, 0) is 46.4 Å². The number of rotatable bonds is 8. The van der Waals surface area contributed by atoms with Gasteiger partial charge in [-0.25, -0.2) is 8.42 Å². The summed E-state index contributed by atoms with van der Waals surface area (Å²) in [5, 5.41) is 5.91. The Hall–Kier alpha value is -2.94. The van der Waals surface area contributed by atoms with E-state index in [2.05, 4.69) is 55.1 Å². The van der Waals surface area contributed by atoms with E-state index < -0.39 is 30.4 Å². The molecule has 194 valence electrons. The first kappa shape index (κ1) is 27.1. The fraction of sp³-hybridized carbons (Fsp3) is 0.357. The van der Waals surface area contributed by atoms with Gasteiger partial charge in [0.05, 0.1) is 17.5 Å². The van der Waals surface area contributed by atoms with Crippen molar-refractivity contribution in [1.29, 1.82) is 0 Å². The van der Waals surface area contributed by atoms with Crippen LogP contribution in [0, 0.1) is 6.92 Å². The van der Waals surface area contributed by atoms with Crippen LogP contribution in [0.4, 0.5) is 0 Å². The van der Waals surface area contributed by atoms with E-state index in [1.807, 2.05) is 43.3 Å². The van der Waals surface area contributed by atoms with Crippen molar-refractivity contribution in [2.75, 3.05) is 13.2 Å². The smallest absolute Gasteiger partial charge is 0.261 e. The number of aryl methyl sites for hydroxylation is 1. The summed E-state index contributed by atoms with van der Waals surface area (Å²) in [7, 11) is -6.66. The lowest BCUT2D eigenvalue weighted by atomic mass is 10.2. The van der Waals surface area contributed by atoms with Crippen LogP contribution in [0.5, 0.6) is 0 Å². The fourth-order valence-electron chi connectivity index (χ4n) is 5.29. The third-order valence-corrected chi connectivity index (χ3v) is 14.0. The maximum absolute atomic E-state index is 13.7. The van der Waals surface area contributed by atoms with E-state index in [0.29, 0.717) is 6.42 Å². The molecular weight excluding hydrogens is 500 g/mol. The van der Waals surface area contributed by atoms with E-state index in [0.717, 1.165) is 15.9 Å². The Kier molecular flexibility index (Phi) is 7.92. The average molecular weight is 535 g/mol. The Labute approximate surface area is 220 Å². The van der Waals surface area contributed by atoms with Crippen LogP contribution in [0.15, 0.2) is 94.9 Å². The van der Waals surface area contributed by atoms with Crippen molar-refractivity contribution in [3.63, 3.8) is 0 Å². The summed E-state index contributed by atoms with van der Waals surface area (Å²) >= 11 is 0. The molecule has 1 aliphatic rings. The van der Waals surface area contributed by atoms with Crippen LogP contribution in [0.1, 0.15) is 32.8 Å². The van der Waals surface area contributed by atoms with Crippen molar-refractivity contribution >= 4 is 28.7 Å². The molecule has 9 heteroatoms. The molecule has 1 heterocycles. The van der Waals surface area contributed by atoms with E-state index in [-0.39, 0.29) is 23.1 Å². The largest absolute Gasteiger partial charge is 0.406 e. The lowest BCUT2D eigenvalue weighted by Gasteiger charge is -2.44. The number of benzene rings is 3. The van der Waals surface area contributed by atoms with Crippen LogP contribution < -0.4 is 10.4 Å². The van der Waals surface area contributed by atoms with Gasteiger partial charge in [0.15, 0.2) is 0 Å². The van der Waals surface area contributed by atoms with Gasteiger partial charge in [0.1, 0.15) is 0 Å². The molecule has 3 aromatic rings. The summed E-state index contributed by atoms with van der Waals surface area (Å²) in [6.45, 7) is 8.84. The van der Waals surface area contributed by atoms with Crippen LogP contribution in [0.3, 0.4) is 0 Å². The molecule has 2 atom stereocenters. The Morgan fingerprint density at radius 3 is 2.00 bits per heavy atom. The summed E-state index contributed by atoms with van der Waals surface area (Å²) in [6.07, 6.45) is 0.410. The van der Waals surface area contributed by atoms with Crippen LogP contribution in [-0.4, -0.2) is 46.3 Å². The third kappa shape index (κ3) is 5.37. The zero-order valence-electron chi connectivity index (χ0n) is 21.8. The normalized spacial score (nSPS) is 18.9. The predicted molar refractivity (Wildman–Crippen MR) is 150 cm³/mol. The molecule has 1 aliphatic heterocycles. The zero-order chi connectivity index (χ0) is 26.7. The summed E-state index contributed by atoms with van der Waals surface area (Å²) in [5.41, 5.74) is 10.1. The summed E-state index contributed by atoms with van der Waals surface area (Å²) < 4.78 is 36.0. The highest BCUT2D eigenvalue weighted by Crippen LogP contribution is 2.38. The van der Waals surface area contributed by atoms with Crippen LogP contribution >= 0.6 is 0 Å². The minimum absolute atomic E-state index is 0.134. The van der Waals surface area contributed by atoms with E-state index in [1.54, 1.807) is 24.3 Å². The second-order valence-corrected chi connectivity index (χ2v) is 16.8. The first-order valence-electron chi connectivity index (χ1n) is 12.5. The summed E-state index contributed by atoms with van der Waals surface area (Å²) in [5.74, 6) is 0. The standard InChI is InChI=1S/C28H34N4O3SSi/c1-22-15-17-25(18-16-22)36(33,34)32-20-23(30-31-29)19-24(32)21-35-37(28(2,3)4,26-11-7-5-8-12-26)27-13-9-6-10-14-27/h5-18,23-24H,19-21H2,1-4H3/t23-,24-/m0/s1. The van der Waals surface area contributed by atoms with Crippen molar-refractivity contribution < 1.29 is 12.8 Å².